The number of fused-ring (bicyclic) bond motifs is 2. The summed E-state index contributed by atoms with van der Waals surface area (Å²) in [6.07, 6.45) is 1.92. The van der Waals surface area contributed by atoms with Gasteiger partial charge < -0.3 is 0 Å². The summed E-state index contributed by atoms with van der Waals surface area (Å²) < 4.78 is 54.3. The highest BCUT2D eigenvalue weighted by atomic mass is 32.2. The van der Waals surface area contributed by atoms with Gasteiger partial charge in [0.2, 0.25) is 20.0 Å². The molecule has 0 amide bonds. The van der Waals surface area contributed by atoms with Crippen LogP contribution in [0, 0.1) is 16.7 Å². The first-order valence-corrected chi connectivity index (χ1v) is 12.4. The molecule has 1 aromatic rings. The molecule has 0 aliphatic heterocycles. The first-order valence-electron chi connectivity index (χ1n) is 9.35. The normalized spacial score (nSPS) is 26.9. The maximum atomic E-state index is 12.8. The third kappa shape index (κ3) is 3.32. The molecule has 156 valence electrons. The van der Waals surface area contributed by atoms with Gasteiger partial charge in [-0.3, -0.25) is 4.79 Å². The van der Waals surface area contributed by atoms with Crippen LogP contribution in [-0.4, -0.2) is 46.8 Å². The van der Waals surface area contributed by atoms with Crippen molar-refractivity contribution in [3.8, 4) is 0 Å². The number of hydrogen-bond acceptors (Lipinski definition) is 5. The van der Waals surface area contributed by atoms with Gasteiger partial charge in [-0.15, -0.1) is 0 Å². The first-order chi connectivity index (χ1) is 12.8. The van der Waals surface area contributed by atoms with Crippen molar-refractivity contribution in [2.75, 3.05) is 19.8 Å². The first kappa shape index (κ1) is 21.4. The minimum Gasteiger partial charge on any atom is -0.299 e. The van der Waals surface area contributed by atoms with Crippen molar-refractivity contribution >= 4 is 25.8 Å². The SMILES string of the molecule is CN(C)S(=O)(=O)c1ccccc1CNS(=O)(=O)CC12CCC(CC1=O)C2(C)C. The molecular formula is C19H28N2O5S2. The Morgan fingerprint density at radius 2 is 1.79 bits per heavy atom. The molecule has 28 heavy (non-hydrogen) atoms. The quantitative estimate of drug-likeness (QED) is 0.713. The predicted molar refractivity (Wildman–Crippen MR) is 107 cm³/mol. The molecule has 0 heterocycles. The van der Waals surface area contributed by atoms with Gasteiger partial charge in [-0.1, -0.05) is 32.0 Å². The summed E-state index contributed by atoms with van der Waals surface area (Å²) in [7, 11) is -4.60. The van der Waals surface area contributed by atoms with E-state index in [0.29, 0.717) is 18.4 Å². The van der Waals surface area contributed by atoms with E-state index in [9.17, 15) is 21.6 Å². The third-order valence-electron chi connectivity index (χ3n) is 6.79. The van der Waals surface area contributed by atoms with Crippen LogP contribution in [0.5, 0.6) is 0 Å². The Bertz CT molecular complexity index is 999. The van der Waals surface area contributed by atoms with Gasteiger partial charge in [0.15, 0.2) is 0 Å². The van der Waals surface area contributed by atoms with E-state index >= 15 is 0 Å². The van der Waals surface area contributed by atoms with E-state index in [2.05, 4.69) is 4.72 Å². The maximum absolute atomic E-state index is 12.8. The molecule has 2 aliphatic rings. The van der Waals surface area contributed by atoms with E-state index in [1.54, 1.807) is 18.2 Å². The zero-order valence-electron chi connectivity index (χ0n) is 16.7. The van der Waals surface area contributed by atoms with Gasteiger partial charge in [0.05, 0.1) is 10.6 Å². The van der Waals surface area contributed by atoms with E-state index in [4.69, 9.17) is 0 Å². The molecule has 0 spiro atoms. The molecule has 7 nitrogen and oxygen atoms in total. The Labute approximate surface area is 167 Å². The van der Waals surface area contributed by atoms with Gasteiger partial charge in [0, 0.05) is 32.5 Å². The fourth-order valence-electron chi connectivity index (χ4n) is 4.77. The fraction of sp³-hybridized carbons (Fsp3) is 0.632. The number of carbonyl (C=O) groups excluding carboxylic acids is 1. The second kappa shape index (κ2) is 6.90. The Hall–Kier alpha value is -1.29. The summed E-state index contributed by atoms with van der Waals surface area (Å²) >= 11 is 0. The molecule has 2 aliphatic carbocycles. The zero-order valence-corrected chi connectivity index (χ0v) is 18.4. The molecule has 2 bridgehead atoms. The van der Waals surface area contributed by atoms with E-state index in [0.717, 1.165) is 10.7 Å². The number of rotatable bonds is 7. The number of ketones is 1. The maximum Gasteiger partial charge on any atom is 0.242 e. The summed E-state index contributed by atoms with van der Waals surface area (Å²) in [6.45, 7) is 3.84. The summed E-state index contributed by atoms with van der Waals surface area (Å²) in [5, 5.41) is 0. The smallest absolute Gasteiger partial charge is 0.242 e. The summed E-state index contributed by atoms with van der Waals surface area (Å²) in [5.41, 5.74) is -0.817. The molecule has 2 unspecified atom stereocenters. The Morgan fingerprint density at radius 1 is 1.14 bits per heavy atom. The van der Waals surface area contributed by atoms with Crippen molar-refractivity contribution in [2.24, 2.45) is 16.7 Å². The minimum absolute atomic E-state index is 0.0368. The van der Waals surface area contributed by atoms with Crippen LogP contribution in [0.25, 0.3) is 0 Å². The molecular weight excluding hydrogens is 400 g/mol. The lowest BCUT2D eigenvalue weighted by molar-refractivity contribution is -0.128. The third-order valence-corrected chi connectivity index (χ3v) is 10.2. The monoisotopic (exact) mass is 428 g/mol. The molecule has 9 heteroatoms. The molecule has 1 aromatic carbocycles. The van der Waals surface area contributed by atoms with Crippen LogP contribution in [0.2, 0.25) is 0 Å². The molecule has 0 radical (unpaired) electrons. The highest BCUT2D eigenvalue weighted by Crippen LogP contribution is 2.64. The van der Waals surface area contributed by atoms with Gasteiger partial charge in [0.25, 0.3) is 0 Å². The Kier molecular flexibility index (Phi) is 5.28. The second-order valence-electron chi connectivity index (χ2n) is 8.64. The standard InChI is InChI=1S/C19H28N2O5S2/c1-18(2)15-9-10-19(18,17(22)11-15)13-27(23,24)20-12-14-7-5-6-8-16(14)28(25,26)21(3)4/h5-8,15,20H,9-13H2,1-4H3. The zero-order chi connectivity index (χ0) is 21.0. The summed E-state index contributed by atoms with van der Waals surface area (Å²) in [5.74, 6) is 0.0288. The van der Waals surface area contributed by atoms with E-state index in [1.165, 1.54) is 20.2 Å². The van der Waals surface area contributed by atoms with Gasteiger partial charge in [-0.05, 0) is 35.8 Å². The van der Waals surface area contributed by atoms with Crippen LogP contribution in [-0.2, 0) is 31.4 Å². The fourth-order valence-corrected chi connectivity index (χ4v) is 7.69. The number of sulfonamides is 2. The van der Waals surface area contributed by atoms with Crippen LogP contribution in [0.1, 0.15) is 38.7 Å². The van der Waals surface area contributed by atoms with E-state index in [-0.39, 0.29) is 34.3 Å². The van der Waals surface area contributed by atoms with Crippen LogP contribution in [0.3, 0.4) is 0 Å². The highest BCUT2D eigenvalue weighted by Gasteiger charge is 2.65. The Morgan fingerprint density at radius 3 is 2.32 bits per heavy atom. The van der Waals surface area contributed by atoms with Crippen molar-refractivity contribution in [3.63, 3.8) is 0 Å². The molecule has 2 atom stereocenters. The van der Waals surface area contributed by atoms with Crippen molar-refractivity contribution in [2.45, 2.75) is 44.6 Å². The van der Waals surface area contributed by atoms with Gasteiger partial charge in [-0.25, -0.2) is 25.9 Å². The lowest BCUT2D eigenvalue weighted by Gasteiger charge is -2.36. The van der Waals surface area contributed by atoms with Gasteiger partial charge in [0.1, 0.15) is 5.78 Å². The number of carbonyl (C=O) groups is 1. The summed E-state index contributed by atoms with van der Waals surface area (Å²) in [6, 6.07) is 6.32. The lowest BCUT2D eigenvalue weighted by atomic mass is 9.70. The lowest BCUT2D eigenvalue weighted by Crippen LogP contribution is -2.45. The molecule has 1 N–H and O–H groups in total. The molecule has 2 fully saturated rings. The molecule has 2 saturated carbocycles. The molecule has 0 aromatic heterocycles. The largest absolute Gasteiger partial charge is 0.299 e. The van der Waals surface area contributed by atoms with Crippen molar-refractivity contribution in [3.05, 3.63) is 29.8 Å². The van der Waals surface area contributed by atoms with Crippen LogP contribution >= 0.6 is 0 Å². The van der Waals surface area contributed by atoms with Crippen LogP contribution < -0.4 is 4.72 Å². The topological polar surface area (TPSA) is 101 Å². The van der Waals surface area contributed by atoms with Crippen molar-refractivity contribution in [1.82, 2.24) is 9.03 Å². The number of nitrogens with zero attached hydrogens (tertiary/aromatic N) is 1. The highest BCUT2D eigenvalue weighted by molar-refractivity contribution is 7.89. The van der Waals surface area contributed by atoms with Crippen LogP contribution in [0.4, 0.5) is 0 Å². The molecule has 3 rings (SSSR count). The number of nitrogens with one attached hydrogen (secondary N) is 1. The van der Waals surface area contributed by atoms with Gasteiger partial charge in [-0.2, -0.15) is 0 Å². The molecule has 0 saturated heterocycles. The average Bonchev–Trinajstić information content (AvgIpc) is 2.94. The van der Waals surface area contributed by atoms with Gasteiger partial charge >= 0.3 is 0 Å². The van der Waals surface area contributed by atoms with E-state index < -0.39 is 25.5 Å². The van der Waals surface area contributed by atoms with Crippen LogP contribution in [0.15, 0.2) is 29.2 Å². The minimum atomic E-state index is -3.77. The van der Waals surface area contributed by atoms with E-state index in [1.807, 2.05) is 13.8 Å². The van der Waals surface area contributed by atoms with Crippen molar-refractivity contribution < 1.29 is 21.6 Å². The van der Waals surface area contributed by atoms with Crippen molar-refractivity contribution in [1.29, 1.82) is 0 Å². The number of Topliss-reactive ketones (excluding diaryl/α,β-unsaturated/α-hetero) is 1. The summed E-state index contributed by atoms with van der Waals surface area (Å²) in [4.78, 5) is 12.7. The number of hydrogen-bond donors (Lipinski definition) is 1. The predicted octanol–water partition coefficient (Wildman–Crippen LogP) is 1.75. The Balaban J connectivity index is 1.82. The average molecular weight is 429 g/mol. The number of benzene rings is 1. The second-order valence-corrected chi connectivity index (χ2v) is 12.6.